The fourth-order valence-electron chi connectivity index (χ4n) is 2.05. The van der Waals surface area contributed by atoms with Gasteiger partial charge < -0.3 is 15.6 Å². The topological polar surface area (TPSA) is 72.5 Å². The first-order valence-electron chi connectivity index (χ1n) is 5.72. The zero-order valence-electron chi connectivity index (χ0n) is 10.7. The van der Waals surface area contributed by atoms with Crippen LogP contribution in [0.2, 0.25) is 0 Å². The third-order valence-electron chi connectivity index (χ3n) is 2.85. The third kappa shape index (κ3) is 3.03. The summed E-state index contributed by atoms with van der Waals surface area (Å²) >= 11 is 3.37. The molecule has 0 spiro atoms. The van der Waals surface area contributed by atoms with Gasteiger partial charge in [0.1, 0.15) is 5.75 Å². The van der Waals surface area contributed by atoms with Crippen molar-refractivity contribution in [1.82, 2.24) is 0 Å². The molecule has 18 heavy (non-hydrogen) atoms. The first-order valence-corrected chi connectivity index (χ1v) is 6.51. The van der Waals surface area contributed by atoms with Gasteiger partial charge in [0.15, 0.2) is 0 Å². The molecule has 0 heterocycles. The van der Waals surface area contributed by atoms with E-state index in [2.05, 4.69) is 15.9 Å². The van der Waals surface area contributed by atoms with E-state index in [1.54, 1.807) is 7.11 Å². The van der Waals surface area contributed by atoms with Crippen LogP contribution in [0, 0.1) is 0 Å². The first kappa shape index (κ1) is 15.0. The summed E-state index contributed by atoms with van der Waals surface area (Å²) in [5, 5.41) is 9.25. The van der Waals surface area contributed by atoms with E-state index in [-0.39, 0.29) is 12.5 Å². The molecule has 0 bridgehead atoms. The lowest BCUT2D eigenvalue weighted by Gasteiger charge is -2.21. The minimum atomic E-state index is -0.917. The highest BCUT2D eigenvalue weighted by atomic mass is 79.9. The summed E-state index contributed by atoms with van der Waals surface area (Å²) in [6.07, 6.45) is 0. The fourth-order valence-corrected chi connectivity index (χ4v) is 2.50. The Morgan fingerprint density at radius 3 is 2.50 bits per heavy atom. The average Bonchev–Trinajstić information content (AvgIpc) is 2.27. The highest BCUT2D eigenvalue weighted by molar-refractivity contribution is 9.10. The number of benzene rings is 1. The molecule has 0 radical (unpaired) electrons. The predicted octanol–water partition coefficient (Wildman–Crippen LogP) is 2.71. The lowest BCUT2D eigenvalue weighted by molar-refractivity contribution is -0.138. The number of methoxy groups -OCH3 is 1. The van der Waals surface area contributed by atoms with Crippen molar-refractivity contribution < 1.29 is 14.6 Å². The molecule has 0 aliphatic carbocycles. The average molecular weight is 316 g/mol. The number of aliphatic carboxylic acids is 1. The van der Waals surface area contributed by atoms with Gasteiger partial charge in [0.25, 0.3) is 0 Å². The van der Waals surface area contributed by atoms with E-state index in [1.807, 2.05) is 26.0 Å². The molecule has 0 aliphatic rings. The van der Waals surface area contributed by atoms with Crippen LogP contribution in [0.3, 0.4) is 0 Å². The smallest absolute Gasteiger partial charge is 0.312 e. The molecule has 3 N–H and O–H groups in total. The van der Waals surface area contributed by atoms with Gasteiger partial charge in [0.05, 0.1) is 13.0 Å². The molecular formula is C13H18BrNO3. The largest absolute Gasteiger partial charge is 0.496 e. The molecule has 0 fully saturated rings. The summed E-state index contributed by atoms with van der Waals surface area (Å²) in [6, 6.07) is 3.65. The van der Waals surface area contributed by atoms with E-state index >= 15 is 0 Å². The zero-order valence-corrected chi connectivity index (χ0v) is 12.3. The van der Waals surface area contributed by atoms with E-state index in [4.69, 9.17) is 10.5 Å². The Balaban J connectivity index is 3.49. The summed E-state index contributed by atoms with van der Waals surface area (Å²) in [6.45, 7) is 4.07. The lowest BCUT2D eigenvalue weighted by atomic mass is 9.88. The van der Waals surface area contributed by atoms with Gasteiger partial charge in [0.2, 0.25) is 0 Å². The number of hydrogen-bond acceptors (Lipinski definition) is 3. The molecular weight excluding hydrogens is 298 g/mol. The van der Waals surface area contributed by atoms with Crippen molar-refractivity contribution >= 4 is 21.9 Å². The van der Waals surface area contributed by atoms with E-state index in [0.29, 0.717) is 11.3 Å². The number of ether oxygens (including phenoxy) is 1. The van der Waals surface area contributed by atoms with Crippen LogP contribution in [0.15, 0.2) is 16.6 Å². The number of nitrogens with two attached hydrogens (primary N) is 1. The van der Waals surface area contributed by atoms with Crippen molar-refractivity contribution in [2.75, 3.05) is 13.7 Å². The maximum absolute atomic E-state index is 11.3. The molecule has 0 saturated heterocycles. The van der Waals surface area contributed by atoms with Crippen LogP contribution in [0.25, 0.3) is 0 Å². The lowest BCUT2D eigenvalue weighted by Crippen LogP contribution is -2.23. The van der Waals surface area contributed by atoms with Crippen LogP contribution in [-0.2, 0) is 4.79 Å². The van der Waals surface area contributed by atoms with E-state index in [1.165, 1.54) is 0 Å². The van der Waals surface area contributed by atoms with Crippen LogP contribution in [0.1, 0.15) is 36.8 Å². The predicted molar refractivity (Wildman–Crippen MR) is 74.2 cm³/mol. The molecule has 1 atom stereocenters. The molecule has 0 saturated carbocycles. The Labute approximate surface area is 115 Å². The summed E-state index contributed by atoms with van der Waals surface area (Å²) in [4.78, 5) is 11.3. The standard InChI is InChI=1S/C13H18BrNO3/c1-7(2)12-9(10(6-15)13(16)17)4-8(14)5-11(12)18-3/h4-5,7,10H,6,15H2,1-3H3,(H,16,17). The van der Waals surface area contributed by atoms with Crippen molar-refractivity contribution in [3.63, 3.8) is 0 Å². The number of hydrogen-bond donors (Lipinski definition) is 2. The van der Waals surface area contributed by atoms with Gasteiger partial charge in [0, 0.05) is 16.6 Å². The Morgan fingerprint density at radius 2 is 2.11 bits per heavy atom. The Kier molecular flexibility index (Phi) is 5.16. The first-order chi connectivity index (χ1) is 8.42. The van der Waals surface area contributed by atoms with Crippen LogP contribution < -0.4 is 10.5 Å². The van der Waals surface area contributed by atoms with Crippen LogP contribution in [0.5, 0.6) is 5.75 Å². The SMILES string of the molecule is COc1cc(Br)cc(C(CN)C(=O)O)c1C(C)C. The molecule has 0 aromatic heterocycles. The minimum Gasteiger partial charge on any atom is -0.496 e. The molecule has 0 amide bonds. The number of carboxylic acids is 1. The Morgan fingerprint density at radius 1 is 1.50 bits per heavy atom. The molecule has 1 aromatic rings. The third-order valence-corrected chi connectivity index (χ3v) is 3.30. The highest BCUT2D eigenvalue weighted by Crippen LogP contribution is 2.36. The van der Waals surface area contributed by atoms with Crippen molar-refractivity contribution in [3.05, 3.63) is 27.7 Å². The molecule has 1 aromatic carbocycles. The molecule has 0 aliphatic heterocycles. The molecule has 1 rings (SSSR count). The van der Waals surface area contributed by atoms with Crippen molar-refractivity contribution in [2.45, 2.75) is 25.7 Å². The van der Waals surface area contributed by atoms with Crippen LogP contribution in [-0.4, -0.2) is 24.7 Å². The maximum atomic E-state index is 11.3. The number of halogens is 1. The van der Waals surface area contributed by atoms with Gasteiger partial charge in [-0.25, -0.2) is 0 Å². The minimum absolute atomic E-state index is 0.0641. The van der Waals surface area contributed by atoms with Crippen LogP contribution in [0.4, 0.5) is 0 Å². The Hall–Kier alpha value is -1.07. The number of carbonyl (C=O) groups is 1. The van der Waals surface area contributed by atoms with Gasteiger partial charge in [-0.15, -0.1) is 0 Å². The van der Waals surface area contributed by atoms with E-state index in [0.717, 1.165) is 10.0 Å². The Bertz CT molecular complexity index is 446. The summed E-state index contributed by atoms with van der Waals surface area (Å²) in [5.41, 5.74) is 7.19. The van der Waals surface area contributed by atoms with Crippen LogP contribution >= 0.6 is 15.9 Å². The molecule has 1 unspecified atom stereocenters. The van der Waals surface area contributed by atoms with Crippen molar-refractivity contribution in [2.24, 2.45) is 5.73 Å². The van der Waals surface area contributed by atoms with Gasteiger partial charge in [-0.2, -0.15) is 0 Å². The van der Waals surface area contributed by atoms with E-state index < -0.39 is 11.9 Å². The number of rotatable bonds is 5. The molecule has 100 valence electrons. The summed E-state index contributed by atoms with van der Waals surface area (Å²) in [5.74, 6) is -0.779. The maximum Gasteiger partial charge on any atom is 0.312 e. The zero-order chi connectivity index (χ0) is 13.9. The van der Waals surface area contributed by atoms with Gasteiger partial charge in [-0.1, -0.05) is 29.8 Å². The van der Waals surface area contributed by atoms with Gasteiger partial charge in [-0.05, 0) is 23.6 Å². The van der Waals surface area contributed by atoms with E-state index in [9.17, 15) is 9.90 Å². The highest BCUT2D eigenvalue weighted by Gasteiger charge is 2.25. The molecule has 5 heteroatoms. The fraction of sp³-hybridized carbons (Fsp3) is 0.462. The quantitative estimate of drug-likeness (QED) is 0.876. The normalized spacial score (nSPS) is 12.6. The van der Waals surface area contributed by atoms with Crippen molar-refractivity contribution in [1.29, 1.82) is 0 Å². The second kappa shape index (κ2) is 6.20. The second-order valence-electron chi connectivity index (χ2n) is 4.39. The second-order valence-corrected chi connectivity index (χ2v) is 5.31. The molecule has 4 nitrogen and oxygen atoms in total. The monoisotopic (exact) mass is 315 g/mol. The van der Waals surface area contributed by atoms with Crippen molar-refractivity contribution in [3.8, 4) is 5.75 Å². The van der Waals surface area contributed by atoms with Gasteiger partial charge >= 0.3 is 5.97 Å². The summed E-state index contributed by atoms with van der Waals surface area (Å²) in [7, 11) is 1.58. The van der Waals surface area contributed by atoms with Gasteiger partial charge in [-0.3, -0.25) is 4.79 Å². The number of carboxylic acid groups (broad SMARTS) is 1. The summed E-state index contributed by atoms with van der Waals surface area (Å²) < 4.78 is 6.13.